The number of phenolic OH excluding ortho intramolecular Hbond substituents is 1. The SMILES string of the molecule is CC1(C)CCc2ccc(O)cc2NC1. The third kappa shape index (κ3) is 1.84. The molecule has 2 rings (SSSR count). The summed E-state index contributed by atoms with van der Waals surface area (Å²) in [6, 6.07) is 5.59. The van der Waals surface area contributed by atoms with Crippen molar-refractivity contribution in [2.75, 3.05) is 11.9 Å². The van der Waals surface area contributed by atoms with Crippen molar-refractivity contribution in [3.8, 4) is 5.75 Å². The van der Waals surface area contributed by atoms with E-state index in [1.807, 2.05) is 12.1 Å². The Balaban J connectivity index is 2.30. The second-order valence-electron chi connectivity index (χ2n) is 4.86. The van der Waals surface area contributed by atoms with Gasteiger partial charge >= 0.3 is 0 Å². The molecule has 2 nitrogen and oxygen atoms in total. The summed E-state index contributed by atoms with van der Waals surface area (Å²) in [5.74, 6) is 0.343. The fourth-order valence-electron chi connectivity index (χ4n) is 1.84. The van der Waals surface area contributed by atoms with Crippen LogP contribution in [-0.2, 0) is 6.42 Å². The first-order valence-electron chi connectivity index (χ1n) is 5.13. The molecule has 2 heteroatoms. The molecule has 2 N–H and O–H groups in total. The Labute approximate surface area is 85.0 Å². The highest BCUT2D eigenvalue weighted by atomic mass is 16.3. The topological polar surface area (TPSA) is 32.3 Å². The van der Waals surface area contributed by atoms with E-state index in [9.17, 15) is 5.11 Å². The van der Waals surface area contributed by atoms with Gasteiger partial charge in [-0.05, 0) is 29.9 Å². The van der Waals surface area contributed by atoms with Crippen molar-refractivity contribution >= 4 is 5.69 Å². The lowest BCUT2D eigenvalue weighted by Crippen LogP contribution is -2.21. The monoisotopic (exact) mass is 191 g/mol. The van der Waals surface area contributed by atoms with Gasteiger partial charge < -0.3 is 10.4 Å². The van der Waals surface area contributed by atoms with E-state index in [1.54, 1.807) is 6.07 Å². The van der Waals surface area contributed by atoms with Crippen LogP contribution in [-0.4, -0.2) is 11.7 Å². The number of nitrogens with one attached hydrogen (secondary N) is 1. The molecule has 1 heterocycles. The van der Waals surface area contributed by atoms with E-state index in [4.69, 9.17) is 0 Å². The van der Waals surface area contributed by atoms with Crippen LogP contribution in [0.15, 0.2) is 18.2 Å². The molecule has 0 spiro atoms. The summed E-state index contributed by atoms with van der Waals surface area (Å²) in [4.78, 5) is 0. The van der Waals surface area contributed by atoms with Crippen LogP contribution in [0.4, 0.5) is 5.69 Å². The van der Waals surface area contributed by atoms with Crippen LogP contribution in [0.1, 0.15) is 25.8 Å². The predicted octanol–water partition coefficient (Wildman–Crippen LogP) is 2.78. The van der Waals surface area contributed by atoms with Crippen molar-refractivity contribution in [1.82, 2.24) is 0 Å². The Kier molecular flexibility index (Phi) is 2.14. The van der Waals surface area contributed by atoms with E-state index in [0.717, 1.165) is 18.7 Å². The van der Waals surface area contributed by atoms with E-state index in [0.29, 0.717) is 11.2 Å². The number of phenols is 1. The number of hydrogen-bond acceptors (Lipinski definition) is 2. The third-order valence-electron chi connectivity index (χ3n) is 2.92. The zero-order valence-corrected chi connectivity index (χ0v) is 8.80. The summed E-state index contributed by atoms with van der Waals surface area (Å²) in [6.45, 7) is 5.51. The summed E-state index contributed by atoms with van der Waals surface area (Å²) in [5.41, 5.74) is 2.75. The molecule has 1 aliphatic heterocycles. The number of hydrogen-bond donors (Lipinski definition) is 2. The summed E-state index contributed by atoms with van der Waals surface area (Å²) >= 11 is 0. The van der Waals surface area contributed by atoms with Crippen molar-refractivity contribution in [3.05, 3.63) is 23.8 Å². The van der Waals surface area contributed by atoms with Gasteiger partial charge in [0.1, 0.15) is 5.75 Å². The van der Waals surface area contributed by atoms with Crippen molar-refractivity contribution in [2.24, 2.45) is 5.41 Å². The second kappa shape index (κ2) is 3.19. The largest absolute Gasteiger partial charge is 0.508 e. The first kappa shape index (κ1) is 9.38. The number of rotatable bonds is 0. The highest BCUT2D eigenvalue weighted by Gasteiger charge is 2.21. The molecule has 0 aromatic heterocycles. The van der Waals surface area contributed by atoms with Crippen LogP contribution >= 0.6 is 0 Å². The number of aromatic hydroxyl groups is 1. The standard InChI is InChI=1S/C12H17NO/c1-12(2)6-5-9-3-4-10(14)7-11(9)13-8-12/h3-4,7,13-14H,5-6,8H2,1-2H3. The smallest absolute Gasteiger partial charge is 0.117 e. The van der Waals surface area contributed by atoms with Gasteiger partial charge in [0.2, 0.25) is 0 Å². The van der Waals surface area contributed by atoms with Crippen molar-refractivity contribution in [2.45, 2.75) is 26.7 Å². The Bertz CT molecular complexity index is 344. The zero-order valence-electron chi connectivity index (χ0n) is 8.80. The minimum Gasteiger partial charge on any atom is -0.508 e. The van der Waals surface area contributed by atoms with Gasteiger partial charge in [-0.1, -0.05) is 19.9 Å². The number of fused-ring (bicyclic) bond motifs is 1. The second-order valence-corrected chi connectivity index (χ2v) is 4.86. The lowest BCUT2D eigenvalue weighted by atomic mass is 9.88. The Morgan fingerprint density at radius 2 is 2.14 bits per heavy atom. The van der Waals surface area contributed by atoms with Gasteiger partial charge in [-0.2, -0.15) is 0 Å². The van der Waals surface area contributed by atoms with E-state index >= 15 is 0 Å². The van der Waals surface area contributed by atoms with Gasteiger partial charge in [-0.25, -0.2) is 0 Å². The lowest BCUT2D eigenvalue weighted by Gasteiger charge is -2.21. The summed E-state index contributed by atoms with van der Waals surface area (Å²) in [6.07, 6.45) is 2.29. The van der Waals surface area contributed by atoms with Crippen molar-refractivity contribution in [1.29, 1.82) is 0 Å². The molecule has 1 aliphatic rings. The molecule has 0 saturated heterocycles. The fourth-order valence-corrected chi connectivity index (χ4v) is 1.84. The number of aryl methyl sites for hydroxylation is 1. The molecule has 0 radical (unpaired) electrons. The van der Waals surface area contributed by atoms with Crippen LogP contribution in [0.25, 0.3) is 0 Å². The number of anilines is 1. The Hall–Kier alpha value is -1.18. The molecule has 0 bridgehead atoms. The molecule has 76 valence electrons. The van der Waals surface area contributed by atoms with Gasteiger partial charge in [-0.3, -0.25) is 0 Å². The maximum atomic E-state index is 9.37. The Morgan fingerprint density at radius 3 is 2.93 bits per heavy atom. The summed E-state index contributed by atoms with van der Waals surface area (Å²) in [5, 5.41) is 12.8. The average molecular weight is 191 g/mol. The van der Waals surface area contributed by atoms with Crippen LogP contribution in [0.3, 0.4) is 0 Å². The average Bonchev–Trinajstić information content (AvgIpc) is 2.26. The minimum atomic E-state index is 0.342. The molecule has 0 unspecified atom stereocenters. The molecule has 14 heavy (non-hydrogen) atoms. The maximum absolute atomic E-state index is 9.37. The fraction of sp³-hybridized carbons (Fsp3) is 0.500. The molecule has 0 aliphatic carbocycles. The van der Waals surface area contributed by atoms with Crippen molar-refractivity contribution in [3.63, 3.8) is 0 Å². The first-order valence-corrected chi connectivity index (χ1v) is 5.13. The lowest BCUT2D eigenvalue weighted by molar-refractivity contribution is 0.365. The molecule has 0 saturated carbocycles. The number of benzene rings is 1. The third-order valence-corrected chi connectivity index (χ3v) is 2.92. The molecular formula is C12H17NO. The summed E-state index contributed by atoms with van der Waals surface area (Å²) in [7, 11) is 0. The normalized spacial score (nSPS) is 19.3. The minimum absolute atomic E-state index is 0.342. The predicted molar refractivity (Wildman–Crippen MR) is 58.7 cm³/mol. The van der Waals surface area contributed by atoms with E-state index in [1.165, 1.54) is 12.0 Å². The molecule has 0 amide bonds. The van der Waals surface area contributed by atoms with Crippen LogP contribution in [0.2, 0.25) is 0 Å². The molecule has 1 aromatic carbocycles. The van der Waals surface area contributed by atoms with Gasteiger partial charge in [-0.15, -0.1) is 0 Å². The summed E-state index contributed by atoms with van der Waals surface area (Å²) < 4.78 is 0. The van der Waals surface area contributed by atoms with Crippen LogP contribution < -0.4 is 5.32 Å². The van der Waals surface area contributed by atoms with Crippen LogP contribution in [0.5, 0.6) is 5.75 Å². The van der Waals surface area contributed by atoms with Gasteiger partial charge in [0.25, 0.3) is 0 Å². The molecule has 0 fully saturated rings. The Morgan fingerprint density at radius 1 is 1.36 bits per heavy atom. The first-order chi connectivity index (χ1) is 6.57. The molecule has 1 aromatic rings. The van der Waals surface area contributed by atoms with Gasteiger partial charge in [0.05, 0.1) is 0 Å². The molecule has 0 atom stereocenters. The van der Waals surface area contributed by atoms with E-state index in [2.05, 4.69) is 19.2 Å². The zero-order chi connectivity index (χ0) is 10.2. The maximum Gasteiger partial charge on any atom is 0.117 e. The van der Waals surface area contributed by atoms with Gasteiger partial charge in [0.15, 0.2) is 0 Å². The highest BCUT2D eigenvalue weighted by Crippen LogP contribution is 2.32. The highest BCUT2D eigenvalue weighted by molar-refractivity contribution is 5.55. The molecular weight excluding hydrogens is 174 g/mol. The quantitative estimate of drug-likeness (QED) is 0.661. The van der Waals surface area contributed by atoms with Crippen LogP contribution in [0, 0.1) is 5.41 Å². The van der Waals surface area contributed by atoms with Crippen molar-refractivity contribution < 1.29 is 5.11 Å². The van der Waals surface area contributed by atoms with E-state index < -0.39 is 0 Å². The van der Waals surface area contributed by atoms with E-state index in [-0.39, 0.29) is 0 Å². The van der Waals surface area contributed by atoms with Gasteiger partial charge in [0, 0.05) is 18.3 Å².